The third kappa shape index (κ3) is 3.56. The van der Waals surface area contributed by atoms with Crippen LogP contribution in [0.1, 0.15) is 17.5 Å². The summed E-state index contributed by atoms with van der Waals surface area (Å²) < 4.78 is 0. The number of carbonyl (C=O) groups excluding carboxylic acids is 3. The van der Waals surface area contributed by atoms with Gasteiger partial charge in [-0.05, 0) is 55.7 Å². The van der Waals surface area contributed by atoms with E-state index in [-0.39, 0.29) is 6.42 Å². The van der Waals surface area contributed by atoms with Gasteiger partial charge in [0, 0.05) is 25.0 Å². The molecule has 2 N–H and O–H groups in total. The molecule has 27 heavy (non-hydrogen) atoms. The molecule has 2 aromatic carbocycles. The highest BCUT2D eigenvalue weighted by atomic mass is 16.2. The van der Waals surface area contributed by atoms with E-state index in [1.807, 2.05) is 38.1 Å². The molecule has 3 rings (SSSR count). The van der Waals surface area contributed by atoms with Gasteiger partial charge >= 0.3 is 0 Å². The van der Waals surface area contributed by atoms with Gasteiger partial charge < -0.3 is 15.5 Å². The summed E-state index contributed by atoms with van der Waals surface area (Å²) >= 11 is 0. The number of likely N-dealkylation sites (tertiary alicyclic amines) is 1. The van der Waals surface area contributed by atoms with Crippen LogP contribution in [0.5, 0.6) is 0 Å². The van der Waals surface area contributed by atoms with Crippen LogP contribution in [-0.4, -0.2) is 36.2 Å². The predicted octanol–water partition coefficient (Wildman–Crippen LogP) is 2.73. The summed E-state index contributed by atoms with van der Waals surface area (Å²) in [6.45, 7) is 4.16. The van der Waals surface area contributed by atoms with E-state index in [4.69, 9.17) is 0 Å². The molecule has 6 nitrogen and oxygen atoms in total. The number of amides is 3. The molecule has 0 aromatic heterocycles. The summed E-state index contributed by atoms with van der Waals surface area (Å²) in [6, 6.07) is 14.5. The van der Waals surface area contributed by atoms with Crippen LogP contribution >= 0.6 is 0 Å². The lowest BCUT2D eigenvalue weighted by molar-refractivity contribution is -0.148. The van der Waals surface area contributed by atoms with E-state index in [0.717, 1.165) is 11.1 Å². The Hall–Kier alpha value is -3.15. The minimum Gasteiger partial charge on any atom is -0.344 e. The topological polar surface area (TPSA) is 78.5 Å². The second-order valence-electron chi connectivity index (χ2n) is 7.03. The highest BCUT2D eigenvalue weighted by Gasteiger charge is 2.57. The van der Waals surface area contributed by atoms with Gasteiger partial charge in [0.25, 0.3) is 0 Å². The summed E-state index contributed by atoms with van der Waals surface area (Å²) in [6.07, 6.45) is 0.137. The monoisotopic (exact) mass is 365 g/mol. The van der Waals surface area contributed by atoms with Crippen LogP contribution in [0, 0.1) is 19.3 Å². The van der Waals surface area contributed by atoms with E-state index in [0.29, 0.717) is 17.9 Å². The summed E-state index contributed by atoms with van der Waals surface area (Å²) in [5.74, 6) is -1.70. The normalized spacial score (nSPS) is 15.5. The molecule has 0 radical (unpaired) electrons. The third-order valence-corrected chi connectivity index (χ3v) is 4.86. The SMILES string of the molecule is Cc1cccc(NC(=O)C2(C(=O)Nc3cccc(C)c3)CCN(C)C2=O)c1. The summed E-state index contributed by atoms with van der Waals surface area (Å²) in [5, 5.41) is 5.49. The Morgan fingerprint density at radius 3 is 1.78 bits per heavy atom. The highest BCUT2D eigenvalue weighted by molar-refractivity contribution is 6.29. The Labute approximate surface area is 158 Å². The van der Waals surface area contributed by atoms with Gasteiger partial charge in [0.2, 0.25) is 23.1 Å². The molecule has 1 fully saturated rings. The lowest BCUT2D eigenvalue weighted by atomic mass is 9.83. The van der Waals surface area contributed by atoms with Gasteiger partial charge in [0.1, 0.15) is 0 Å². The van der Waals surface area contributed by atoms with Gasteiger partial charge in [-0.25, -0.2) is 0 Å². The van der Waals surface area contributed by atoms with Crippen molar-refractivity contribution >= 4 is 29.1 Å². The first-order valence-electron chi connectivity index (χ1n) is 8.85. The van der Waals surface area contributed by atoms with Crippen molar-refractivity contribution in [3.8, 4) is 0 Å². The molecular formula is C21H23N3O3. The first-order chi connectivity index (χ1) is 12.8. The molecular weight excluding hydrogens is 342 g/mol. The van der Waals surface area contributed by atoms with Gasteiger partial charge in [-0.15, -0.1) is 0 Å². The second-order valence-corrected chi connectivity index (χ2v) is 7.03. The summed E-state index contributed by atoms with van der Waals surface area (Å²) in [7, 11) is 1.60. The zero-order chi connectivity index (χ0) is 19.6. The molecule has 3 amide bonds. The lowest BCUT2D eigenvalue weighted by Crippen LogP contribution is -2.51. The molecule has 6 heteroatoms. The van der Waals surface area contributed by atoms with E-state index in [9.17, 15) is 14.4 Å². The molecule has 0 saturated carbocycles. The van der Waals surface area contributed by atoms with Crippen LogP contribution in [-0.2, 0) is 14.4 Å². The highest BCUT2D eigenvalue weighted by Crippen LogP contribution is 2.34. The summed E-state index contributed by atoms with van der Waals surface area (Å²) in [5.41, 5.74) is 1.29. The first-order valence-corrected chi connectivity index (χ1v) is 8.85. The number of nitrogens with one attached hydrogen (secondary N) is 2. The maximum absolute atomic E-state index is 13.1. The lowest BCUT2D eigenvalue weighted by Gasteiger charge is -2.25. The van der Waals surface area contributed by atoms with Crippen LogP contribution in [0.15, 0.2) is 48.5 Å². The minimum atomic E-state index is -1.78. The Morgan fingerprint density at radius 2 is 1.41 bits per heavy atom. The number of anilines is 2. The Bertz CT molecular complexity index is 848. The van der Waals surface area contributed by atoms with E-state index >= 15 is 0 Å². The number of hydrogen-bond donors (Lipinski definition) is 2. The maximum atomic E-state index is 13.1. The van der Waals surface area contributed by atoms with E-state index < -0.39 is 23.1 Å². The fraction of sp³-hybridized carbons (Fsp3) is 0.286. The quantitative estimate of drug-likeness (QED) is 0.818. The van der Waals surface area contributed by atoms with Crippen molar-refractivity contribution in [2.24, 2.45) is 5.41 Å². The van der Waals surface area contributed by atoms with Crippen LogP contribution in [0.4, 0.5) is 11.4 Å². The molecule has 0 atom stereocenters. The minimum absolute atomic E-state index is 0.137. The molecule has 1 aliphatic rings. The molecule has 0 aliphatic carbocycles. The van der Waals surface area contributed by atoms with Crippen molar-refractivity contribution < 1.29 is 14.4 Å². The fourth-order valence-electron chi connectivity index (χ4n) is 3.32. The third-order valence-electron chi connectivity index (χ3n) is 4.86. The van der Waals surface area contributed by atoms with Crippen LogP contribution < -0.4 is 10.6 Å². The maximum Gasteiger partial charge on any atom is 0.249 e. The van der Waals surface area contributed by atoms with Crippen molar-refractivity contribution in [3.63, 3.8) is 0 Å². The molecule has 0 bridgehead atoms. The number of nitrogens with zero attached hydrogens (tertiary/aromatic N) is 1. The number of hydrogen-bond acceptors (Lipinski definition) is 3. The van der Waals surface area contributed by atoms with Gasteiger partial charge in [0.15, 0.2) is 0 Å². The molecule has 0 spiro atoms. The molecule has 140 valence electrons. The van der Waals surface area contributed by atoms with E-state index in [2.05, 4.69) is 10.6 Å². The molecule has 1 heterocycles. The zero-order valence-electron chi connectivity index (χ0n) is 15.7. The van der Waals surface area contributed by atoms with E-state index in [1.165, 1.54) is 4.90 Å². The Balaban J connectivity index is 1.91. The van der Waals surface area contributed by atoms with Crippen molar-refractivity contribution in [1.29, 1.82) is 0 Å². The van der Waals surface area contributed by atoms with Crippen molar-refractivity contribution in [3.05, 3.63) is 59.7 Å². The number of carbonyl (C=O) groups is 3. The van der Waals surface area contributed by atoms with Gasteiger partial charge in [-0.3, -0.25) is 14.4 Å². The van der Waals surface area contributed by atoms with Gasteiger partial charge in [0.05, 0.1) is 0 Å². The predicted molar refractivity (Wildman–Crippen MR) is 104 cm³/mol. The van der Waals surface area contributed by atoms with Gasteiger partial charge in [-0.1, -0.05) is 24.3 Å². The molecule has 1 aliphatic heterocycles. The zero-order valence-corrected chi connectivity index (χ0v) is 15.7. The largest absolute Gasteiger partial charge is 0.344 e. The summed E-state index contributed by atoms with van der Waals surface area (Å²) in [4.78, 5) is 40.4. The smallest absolute Gasteiger partial charge is 0.249 e. The number of aryl methyl sites for hydroxylation is 2. The number of benzene rings is 2. The van der Waals surface area contributed by atoms with Crippen molar-refractivity contribution in [1.82, 2.24) is 4.90 Å². The standard InChI is InChI=1S/C21H23N3O3/c1-14-6-4-8-16(12-14)22-18(25)21(10-11-24(3)20(21)27)19(26)23-17-9-5-7-15(2)13-17/h4-9,12-13H,10-11H2,1-3H3,(H,22,25)(H,23,26). The van der Waals surface area contributed by atoms with Gasteiger partial charge in [-0.2, -0.15) is 0 Å². The van der Waals surface area contributed by atoms with Crippen molar-refractivity contribution in [2.75, 3.05) is 24.2 Å². The fourth-order valence-corrected chi connectivity index (χ4v) is 3.32. The van der Waals surface area contributed by atoms with Crippen molar-refractivity contribution in [2.45, 2.75) is 20.3 Å². The Morgan fingerprint density at radius 1 is 0.926 bits per heavy atom. The van der Waals surface area contributed by atoms with Crippen LogP contribution in [0.3, 0.4) is 0 Å². The Kier molecular flexibility index (Phi) is 4.99. The molecule has 1 saturated heterocycles. The average molecular weight is 365 g/mol. The van der Waals surface area contributed by atoms with Crippen LogP contribution in [0.25, 0.3) is 0 Å². The molecule has 2 aromatic rings. The van der Waals surface area contributed by atoms with E-state index in [1.54, 1.807) is 31.3 Å². The molecule has 0 unspecified atom stereocenters. The van der Waals surface area contributed by atoms with Crippen LogP contribution in [0.2, 0.25) is 0 Å². The second kappa shape index (κ2) is 7.23. The number of rotatable bonds is 4. The first kappa shape index (κ1) is 18.6. The average Bonchev–Trinajstić information content (AvgIpc) is 2.91.